The first-order valence-electron chi connectivity index (χ1n) is 31.6. The van der Waals surface area contributed by atoms with Gasteiger partial charge in [-0.15, -0.1) is 0 Å². The fourth-order valence-corrected chi connectivity index (χ4v) is 12.7. The minimum Gasteiger partial charge on any atom is -0.464 e. The standard InChI is InChI=1S/C61H124N4O6S2/c1-6-10-14-18-22-24-28-30-36-57(66)52-64(53-58(67)37-31-29-25-23-19-15-11-7-2)42-35-34-40-61(70)71-49-47-62-43-45-63(46-44-62)48-51-73-72-50-41-56(5)65(54-59(68)38-32-26-20-16-12-8-3)55-60(69)39-33-27-21-17-13-9-4/h56-60,66-69H,6-55H2,1-5H3. The smallest absolute Gasteiger partial charge is 0.305 e. The van der Waals surface area contributed by atoms with E-state index in [1.807, 2.05) is 21.6 Å². The van der Waals surface area contributed by atoms with Crippen LogP contribution in [0.15, 0.2) is 0 Å². The molecule has 1 saturated heterocycles. The van der Waals surface area contributed by atoms with Crippen molar-refractivity contribution in [3.63, 3.8) is 0 Å². The average molecular weight is 1070 g/mol. The van der Waals surface area contributed by atoms with Crippen LogP contribution in [-0.4, -0.2) is 167 Å². The van der Waals surface area contributed by atoms with Crippen molar-refractivity contribution >= 4 is 27.6 Å². The van der Waals surface area contributed by atoms with Crippen molar-refractivity contribution in [1.29, 1.82) is 0 Å². The minimum atomic E-state index is -0.375. The molecule has 0 aromatic rings. The molecule has 1 aliphatic heterocycles. The first kappa shape index (κ1) is 70.9. The zero-order chi connectivity index (χ0) is 53.3. The van der Waals surface area contributed by atoms with Gasteiger partial charge in [-0.3, -0.25) is 24.4 Å². The second kappa shape index (κ2) is 52.5. The minimum absolute atomic E-state index is 0.117. The van der Waals surface area contributed by atoms with Crippen LogP contribution >= 0.6 is 21.6 Å². The predicted molar refractivity (Wildman–Crippen MR) is 319 cm³/mol. The van der Waals surface area contributed by atoms with E-state index in [0.717, 1.165) is 128 Å². The number of piperazine rings is 1. The molecular weight excluding hydrogens is 949 g/mol. The van der Waals surface area contributed by atoms with Crippen LogP contribution < -0.4 is 0 Å². The quantitative estimate of drug-likeness (QED) is 0.0264. The summed E-state index contributed by atoms with van der Waals surface area (Å²) < 4.78 is 5.70. The third-order valence-corrected chi connectivity index (χ3v) is 17.9. The van der Waals surface area contributed by atoms with Gasteiger partial charge >= 0.3 is 5.97 Å². The van der Waals surface area contributed by atoms with Crippen LogP contribution in [0.1, 0.15) is 266 Å². The molecule has 12 heteroatoms. The number of nitrogens with zero attached hydrogens (tertiary/aromatic N) is 4. The van der Waals surface area contributed by atoms with Crippen molar-refractivity contribution < 1.29 is 30.0 Å². The number of aliphatic hydroxyl groups is 4. The van der Waals surface area contributed by atoms with Crippen LogP contribution in [0.25, 0.3) is 0 Å². The van der Waals surface area contributed by atoms with Gasteiger partial charge in [0.25, 0.3) is 0 Å². The number of rotatable bonds is 56. The van der Waals surface area contributed by atoms with Gasteiger partial charge in [0.2, 0.25) is 0 Å². The summed E-state index contributed by atoms with van der Waals surface area (Å²) >= 11 is 0. The molecule has 0 spiro atoms. The van der Waals surface area contributed by atoms with Gasteiger partial charge in [-0.25, -0.2) is 0 Å². The normalized spacial score (nSPS) is 15.9. The number of carbonyl (C=O) groups excluding carboxylic acids is 1. The fraction of sp³-hybridized carbons (Fsp3) is 0.984. The van der Waals surface area contributed by atoms with E-state index in [0.29, 0.717) is 45.2 Å². The maximum Gasteiger partial charge on any atom is 0.305 e. The molecule has 5 atom stereocenters. The van der Waals surface area contributed by atoms with E-state index in [4.69, 9.17) is 4.74 Å². The maximum absolute atomic E-state index is 12.7. The van der Waals surface area contributed by atoms with Crippen molar-refractivity contribution in [3.05, 3.63) is 0 Å². The lowest BCUT2D eigenvalue weighted by Crippen LogP contribution is -2.47. The molecule has 4 N–H and O–H groups in total. The van der Waals surface area contributed by atoms with Gasteiger partial charge in [0.1, 0.15) is 6.61 Å². The van der Waals surface area contributed by atoms with Gasteiger partial charge in [-0.1, -0.05) is 229 Å². The second-order valence-corrected chi connectivity index (χ2v) is 25.3. The Morgan fingerprint density at radius 2 is 0.808 bits per heavy atom. The molecule has 0 amide bonds. The molecule has 1 aliphatic rings. The van der Waals surface area contributed by atoms with Crippen LogP contribution in [0.5, 0.6) is 0 Å². The third kappa shape index (κ3) is 45.4. The molecule has 1 heterocycles. The Bertz CT molecular complexity index is 1110. The second-order valence-electron chi connectivity index (χ2n) is 22.6. The Morgan fingerprint density at radius 3 is 1.22 bits per heavy atom. The molecule has 436 valence electrons. The van der Waals surface area contributed by atoms with Crippen molar-refractivity contribution in [2.45, 2.75) is 296 Å². The summed E-state index contributed by atoms with van der Waals surface area (Å²) in [4.78, 5) is 22.4. The van der Waals surface area contributed by atoms with Gasteiger partial charge < -0.3 is 25.2 Å². The average Bonchev–Trinajstić information content (AvgIpc) is 3.37. The lowest BCUT2D eigenvalue weighted by molar-refractivity contribution is -0.144. The van der Waals surface area contributed by atoms with Crippen LogP contribution in [-0.2, 0) is 9.53 Å². The highest BCUT2D eigenvalue weighted by atomic mass is 33.1. The predicted octanol–water partition coefficient (Wildman–Crippen LogP) is 14.1. The van der Waals surface area contributed by atoms with E-state index >= 15 is 0 Å². The molecule has 0 aliphatic carbocycles. The molecular formula is C61H124N4O6S2. The molecule has 0 aromatic carbocycles. The summed E-state index contributed by atoms with van der Waals surface area (Å²) in [6.45, 7) is 21.0. The van der Waals surface area contributed by atoms with Crippen molar-refractivity contribution in [2.75, 3.05) is 90.1 Å². The summed E-state index contributed by atoms with van der Waals surface area (Å²) in [5.74, 6) is 2.06. The van der Waals surface area contributed by atoms with Crippen LogP contribution in [0.2, 0.25) is 0 Å². The van der Waals surface area contributed by atoms with Crippen LogP contribution in [0.4, 0.5) is 0 Å². The summed E-state index contributed by atoms with van der Waals surface area (Å²) in [6, 6.07) is 0.328. The first-order valence-corrected chi connectivity index (χ1v) is 34.1. The number of esters is 1. The highest BCUT2D eigenvalue weighted by Crippen LogP contribution is 2.25. The van der Waals surface area contributed by atoms with Gasteiger partial charge in [0.15, 0.2) is 0 Å². The lowest BCUT2D eigenvalue weighted by Gasteiger charge is -2.34. The van der Waals surface area contributed by atoms with Gasteiger partial charge in [-0.05, 0) is 58.4 Å². The monoisotopic (exact) mass is 1070 g/mol. The van der Waals surface area contributed by atoms with Crippen molar-refractivity contribution in [1.82, 2.24) is 19.6 Å². The summed E-state index contributed by atoms with van der Waals surface area (Å²) in [7, 11) is 3.94. The molecule has 0 aromatic heterocycles. The number of carbonyl (C=O) groups is 1. The van der Waals surface area contributed by atoms with E-state index in [2.05, 4.69) is 54.2 Å². The van der Waals surface area contributed by atoms with Crippen molar-refractivity contribution in [3.8, 4) is 0 Å². The van der Waals surface area contributed by atoms with Gasteiger partial charge in [0, 0.05) is 89.4 Å². The Kier molecular flexibility index (Phi) is 51.0. The molecule has 1 rings (SSSR count). The maximum atomic E-state index is 12.7. The molecule has 0 bridgehead atoms. The Hall–Kier alpha value is -0.150. The molecule has 73 heavy (non-hydrogen) atoms. The topological polar surface area (TPSA) is 120 Å². The fourth-order valence-electron chi connectivity index (χ4n) is 10.4. The van der Waals surface area contributed by atoms with E-state index < -0.39 is 0 Å². The van der Waals surface area contributed by atoms with Crippen molar-refractivity contribution in [2.24, 2.45) is 0 Å². The Morgan fingerprint density at radius 1 is 0.452 bits per heavy atom. The summed E-state index contributed by atoms with van der Waals surface area (Å²) in [5, 5.41) is 44.0. The lowest BCUT2D eigenvalue weighted by atomic mass is 10.0. The zero-order valence-electron chi connectivity index (χ0n) is 49.0. The van der Waals surface area contributed by atoms with Crippen LogP contribution in [0, 0.1) is 0 Å². The summed E-state index contributed by atoms with van der Waals surface area (Å²) in [6.07, 6.45) is 40.1. The molecule has 5 unspecified atom stereocenters. The zero-order valence-corrected chi connectivity index (χ0v) is 50.6. The summed E-state index contributed by atoms with van der Waals surface area (Å²) in [5.41, 5.74) is 0. The Labute approximate surface area is 461 Å². The molecule has 0 radical (unpaired) electrons. The molecule has 10 nitrogen and oxygen atoms in total. The number of hydrogen-bond donors (Lipinski definition) is 4. The van der Waals surface area contributed by atoms with E-state index in [1.165, 1.54) is 154 Å². The Balaban J connectivity index is 2.36. The highest BCUT2D eigenvalue weighted by Gasteiger charge is 2.22. The van der Waals surface area contributed by atoms with E-state index in [1.54, 1.807) is 0 Å². The van der Waals surface area contributed by atoms with E-state index in [-0.39, 0.29) is 30.4 Å². The third-order valence-electron chi connectivity index (χ3n) is 15.4. The molecule has 0 saturated carbocycles. The largest absolute Gasteiger partial charge is 0.464 e. The number of unbranched alkanes of at least 4 members (excludes halogenated alkanes) is 25. The number of ether oxygens (including phenoxy) is 1. The first-order chi connectivity index (χ1) is 35.6. The van der Waals surface area contributed by atoms with Gasteiger partial charge in [0.05, 0.1) is 24.4 Å². The van der Waals surface area contributed by atoms with E-state index in [9.17, 15) is 25.2 Å². The molecule has 1 fully saturated rings. The number of aliphatic hydroxyl groups excluding tert-OH is 4. The number of hydrogen-bond acceptors (Lipinski definition) is 12. The SMILES string of the molecule is CCCCCCCCCCC(O)CN(CCCCC(=O)OCCN1CCN(CCSSCCC(C)N(CC(O)CCCCCCCC)CC(O)CCCCCCCC)CC1)CC(O)CCCCCCCCCC. The van der Waals surface area contributed by atoms with Crippen LogP contribution in [0.3, 0.4) is 0 Å². The highest BCUT2D eigenvalue weighted by molar-refractivity contribution is 8.76. The van der Waals surface area contributed by atoms with Gasteiger partial charge in [-0.2, -0.15) is 0 Å².